The summed E-state index contributed by atoms with van der Waals surface area (Å²) in [6, 6.07) is 3.49. The van der Waals surface area contributed by atoms with E-state index in [1.165, 1.54) is 11.1 Å². The minimum atomic E-state index is -0.454. The minimum Gasteiger partial charge on any atom is -0.326 e. The van der Waals surface area contributed by atoms with Crippen LogP contribution in [0.3, 0.4) is 0 Å². The standard InChI is InChI=1S/C16H20N2O/c1-4-12-11-7-9(2)8-16(12,17)13-5-6-14(19)18-15(13)10(11)3/h4-7,10-11H,8,17H2,1-3H3,(H,18,19)/t10?,11?,16-/m1/s1. The fourth-order valence-corrected chi connectivity index (χ4v) is 3.83. The molecule has 0 aliphatic heterocycles. The lowest BCUT2D eigenvalue weighted by Crippen LogP contribution is -2.49. The average Bonchev–Trinajstić information content (AvgIpc) is 2.35. The molecule has 2 aliphatic rings. The molecule has 1 aromatic rings. The Morgan fingerprint density at radius 3 is 2.89 bits per heavy atom. The third-order valence-electron chi connectivity index (χ3n) is 4.63. The molecule has 2 bridgehead atoms. The molecule has 1 aromatic heterocycles. The fourth-order valence-electron chi connectivity index (χ4n) is 3.83. The van der Waals surface area contributed by atoms with Crippen molar-refractivity contribution >= 4 is 0 Å². The van der Waals surface area contributed by atoms with Crippen LogP contribution in [0.2, 0.25) is 0 Å². The molecule has 19 heavy (non-hydrogen) atoms. The molecule has 2 aliphatic carbocycles. The number of hydrogen-bond acceptors (Lipinski definition) is 2. The van der Waals surface area contributed by atoms with Crippen molar-refractivity contribution < 1.29 is 0 Å². The zero-order valence-corrected chi connectivity index (χ0v) is 11.7. The van der Waals surface area contributed by atoms with Crippen LogP contribution in [-0.2, 0) is 5.54 Å². The summed E-state index contributed by atoms with van der Waals surface area (Å²) >= 11 is 0. The zero-order valence-electron chi connectivity index (χ0n) is 11.7. The molecule has 0 amide bonds. The highest BCUT2D eigenvalue weighted by molar-refractivity contribution is 5.50. The minimum absolute atomic E-state index is 0.0445. The van der Waals surface area contributed by atoms with Gasteiger partial charge in [-0.2, -0.15) is 0 Å². The van der Waals surface area contributed by atoms with Crippen LogP contribution in [0.1, 0.15) is 44.4 Å². The van der Waals surface area contributed by atoms with E-state index in [2.05, 4.69) is 37.9 Å². The van der Waals surface area contributed by atoms with Gasteiger partial charge in [0.05, 0.1) is 5.54 Å². The van der Waals surface area contributed by atoms with Gasteiger partial charge in [-0.1, -0.05) is 24.6 Å². The number of nitrogens with two attached hydrogens (primary N) is 1. The molecule has 0 radical (unpaired) electrons. The van der Waals surface area contributed by atoms with Crippen molar-refractivity contribution in [2.75, 3.05) is 0 Å². The van der Waals surface area contributed by atoms with Gasteiger partial charge in [-0.05, 0) is 37.5 Å². The summed E-state index contributed by atoms with van der Waals surface area (Å²) in [5.41, 5.74) is 10.9. The van der Waals surface area contributed by atoms with E-state index in [0.29, 0.717) is 5.92 Å². The molecule has 3 nitrogen and oxygen atoms in total. The van der Waals surface area contributed by atoms with Gasteiger partial charge in [-0.15, -0.1) is 0 Å². The van der Waals surface area contributed by atoms with Crippen molar-refractivity contribution in [1.29, 1.82) is 0 Å². The number of rotatable bonds is 0. The molecule has 0 fully saturated rings. The van der Waals surface area contributed by atoms with E-state index in [-0.39, 0.29) is 11.5 Å². The van der Waals surface area contributed by atoms with E-state index in [9.17, 15) is 4.79 Å². The Bertz CT molecular complexity index is 653. The molecule has 0 saturated carbocycles. The highest BCUT2D eigenvalue weighted by Crippen LogP contribution is 2.52. The number of aromatic amines is 1. The normalized spacial score (nSPS) is 34.9. The quantitative estimate of drug-likeness (QED) is 0.701. The third kappa shape index (κ3) is 1.58. The summed E-state index contributed by atoms with van der Waals surface area (Å²) in [5, 5.41) is 0. The predicted molar refractivity (Wildman–Crippen MR) is 77.0 cm³/mol. The maximum Gasteiger partial charge on any atom is 0.248 e. The molecule has 0 aromatic carbocycles. The molecule has 1 heterocycles. The number of pyridine rings is 1. The van der Waals surface area contributed by atoms with Gasteiger partial charge < -0.3 is 10.7 Å². The maximum absolute atomic E-state index is 11.6. The zero-order chi connectivity index (χ0) is 13.8. The summed E-state index contributed by atoms with van der Waals surface area (Å²) in [5.74, 6) is 0.566. The summed E-state index contributed by atoms with van der Waals surface area (Å²) < 4.78 is 0. The number of nitrogens with one attached hydrogen (secondary N) is 1. The molecule has 0 saturated heterocycles. The average molecular weight is 256 g/mol. The molecule has 3 rings (SSSR count). The van der Waals surface area contributed by atoms with Crippen LogP contribution >= 0.6 is 0 Å². The van der Waals surface area contributed by atoms with E-state index in [0.717, 1.165) is 17.7 Å². The van der Waals surface area contributed by atoms with Gasteiger partial charge in [0, 0.05) is 23.6 Å². The summed E-state index contributed by atoms with van der Waals surface area (Å²) in [4.78, 5) is 14.6. The van der Waals surface area contributed by atoms with Gasteiger partial charge in [-0.25, -0.2) is 0 Å². The van der Waals surface area contributed by atoms with Crippen LogP contribution in [0.4, 0.5) is 0 Å². The third-order valence-corrected chi connectivity index (χ3v) is 4.63. The SMILES string of the molecule is CC=C1C2C=C(C)C[C@]1(N)c1ccc(=O)[nH]c1C2C. The summed E-state index contributed by atoms with van der Waals surface area (Å²) in [6.45, 7) is 6.36. The highest BCUT2D eigenvalue weighted by atomic mass is 16.1. The molecule has 3 N–H and O–H groups in total. The van der Waals surface area contributed by atoms with E-state index < -0.39 is 5.54 Å². The largest absolute Gasteiger partial charge is 0.326 e. The number of allylic oxidation sites excluding steroid dienone is 2. The van der Waals surface area contributed by atoms with E-state index in [1.807, 2.05) is 6.07 Å². The molecule has 3 heteroatoms. The Morgan fingerprint density at radius 1 is 1.47 bits per heavy atom. The van der Waals surface area contributed by atoms with Crippen molar-refractivity contribution in [2.24, 2.45) is 11.7 Å². The number of aromatic nitrogens is 1. The summed E-state index contributed by atoms with van der Waals surface area (Å²) in [6.07, 6.45) is 5.28. The van der Waals surface area contributed by atoms with Crippen molar-refractivity contribution in [3.63, 3.8) is 0 Å². The maximum atomic E-state index is 11.6. The molecule has 0 spiro atoms. The second-order valence-electron chi connectivity index (χ2n) is 5.87. The first-order chi connectivity index (χ1) is 8.97. The van der Waals surface area contributed by atoms with Gasteiger partial charge in [0.2, 0.25) is 5.56 Å². The monoisotopic (exact) mass is 256 g/mol. The van der Waals surface area contributed by atoms with Gasteiger partial charge in [0.25, 0.3) is 0 Å². The van der Waals surface area contributed by atoms with Crippen molar-refractivity contribution in [1.82, 2.24) is 4.98 Å². The molecular weight excluding hydrogens is 236 g/mol. The van der Waals surface area contributed by atoms with Crippen LogP contribution in [0.25, 0.3) is 0 Å². The Balaban J connectivity index is 2.34. The Hall–Kier alpha value is -1.61. The van der Waals surface area contributed by atoms with Gasteiger partial charge in [0.1, 0.15) is 0 Å². The fraction of sp³-hybridized carbons (Fsp3) is 0.438. The second-order valence-corrected chi connectivity index (χ2v) is 5.87. The predicted octanol–water partition coefficient (Wildman–Crippen LogP) is 2.56. The number of fused-ring (bicyclic) bond motifs is 4. The first-order valence-electron chi connectivity index (χ1n) is 6.84. The lowest BCUT2D eigenvalue weighted by molar-refractivity contribution is 0.376. The first kappa shape index (κ1) is 12.4. The van der Waals surface area contributed by atoms with Gasteiger partial charge in [0.15, 0.2) is 0 Å². The van der Waals surface area contributed by atoms with Crippen LogP contribution in [0.5, 0.6) is 0 Å². The van der Waals surface area contributed by atoms with Gasteiger partial charge >= 0.3 is 0 Å². The highest BCUT2D eigenvalue weighted by Gasteiger charge is 2.46. The molecular formula is C16H20N2O. The first-order valence-corrected chi connectivity index (χ1v) is 6.84. The Morgan fingerprint density at radius 2 is 2.21 bits per heavy atom. The Labute approximate surface area is 113 Å². The lowest BCUT2D eigenvalue weighted by Gasteiger charge is -2.48. The molecule has 2 unspecified atom stereocenters. The second kappa shape index (κ2) is 3.94. The topological polar surface area (TPSA) is 58.9 Å². The van der Waals surface area contributed by atoms with E-state index in [1.54, 1.807) is 6.07 Å². The van der Waals surface area contributed by atoms with Gasteiger partial charge in [-0.3, -0.25) is 4.79 Å². The van der Waals surface area contributed by atoms with Crippen LogP contribution in [-0.4, -0.2) is 4.98 Å². The molecule has 100 valence electrons. The van der Waals surface area contributed by atoms with E-state index in [4.69, 9.17) is 5.73 Å². The summed E-state index contributed by atoms with van der Waals surface area (Å²) in [7, 11) is 0. The number of H-pyrrole nitrogens is 1. The van der Waals surface area contributed by atoms with Crippen molar-refractivity contribution in [2.45, 2.75) is 38.6 Å². The van der Waals surface area contributed by atoms with Crippen LogP contribution in [0, 0.1) is 5.92 Å². The van der Waals surface area contributed by atoms with Crippen molar-refractivity contribution in [3.8, 4) is 0 Å². The number of hydrogen-bond donors (Lipinski definition) is 2. The Kier molecular flexibility index (Phi) is 2.58. The van der Waals surface area contributed by atoms with Crippen molar-refractivity contribution in [3.05, 3.63) is 57.0 Å². The smallest absolute Gasteiger partial charge is 0.248 e. The lowest BCUT2D eigenvalue weighted by atomic mass is 9.60. The molecule has 3 atom stereocenters. The van der Waals surface area contributed by atoms with Crippen LogP contribution < -0.4 is 11.3 Å². The van der Waals surface area contributed by atoms with E-state index >= 15 is 0 Å². The van der Waals surface area contributed by atoms with Crippen LogP contribution in [0.15, 0.2) is 40.2 Å².